The molecule has 0 radical (unpaired) electrons. The fourth-order valence-electron chi connectivity index (χ4n) is 3.59. The summed E-state index contributed by atoms with van der Waals surface area (Å²) in [5.41, 5.74) is -2.32. The number of nitrogens with one attached hydrogen (secondary N) is 1. The average Bonchev–Trinajstić information content (AvgIpc) is 3.11. The Labute approximate surface area is 183 Å². The number of benzene rings is 1. The summed E-state index contributed by atoms with van der Waals surface area (Å²) in [4.78, 5) is 19.3. The largest absolute Gasteiger partial charge is 0.349 e. The van der Waals surface area contributed by atoms with Gasteiger partial charge in [-0.25, -0.2) is 9.38 Å². The Morgan fingerprint density at radius 3 is 2.31 bits per heavy atom. The standard InChI is InChI=1S/C22H25BrFN3OS/c1-20(2,3)14-7-9-15(10-8-14)22(24)19(28)27(6)18(13-25-5)26-21(22,4)16-11-12-17(23)29-16/h7-12,26H,1-6H3/t21-,22+/m1/s1. The fraction of sp³-hybridized carbons (Fsp3) is 0.409. The normalized spacial score (nSPS) is 24.9. The van der Waals surface area contributed by atoms with Gasteiger partial charge in [0.15, 0.2) is 5.82 Å². The van der Waals surface area contributed by atoms with Crippen molar-refractivity contribution in [2.24, 2.45) is 4.99 Å². The third-order valence-electron chi connectivity index (χ3n) is 5.42. The van der Waals surface area contributed by atoms with E-state index in [1.165, 1.54) is 23.3 Å². The summed E-state index contributed by atoms with van der Waals surface area (Å²) in [6, 6.07) is 10.9. The summed E-state index contributed by atoms with van der Waals surface area (Å²) in [6.07, 6.45) is 0. The number of carbonyl (C=O) groups excluding carboxylic acids is 1. The number of nitrogens with zero attached hydrogens (tertiary/aromatic N) is 2. The van der Waals surface area contributed by atoms with Crippen LogP contribution in [0.2, 0.25) is 0 Å². The molecule has 1 aromatic heterocycles. The van der Waals surface area contributed by atoms with Crippen LogP contribution in [0.25, 0.3) is 0 Å². The number of likely N-dealkylation sites (N-methyl/N-ethyl adjacent to an activating group) is 1. The van der Waals surface area contributed by atoms with E-state index in [9.17, 15) is 4.79 Å². The van der Waals surface area contributed by atoms with Crippen LogP contribution in [-0.4, -0.2) is 30.8 Å². The Morgan fingerprint density at radius 2 is 1.83 bits per heavy atom. The van der Waals surface area contributed by atoms with E-state index in [0.717, 1.165) is 9.35 Å². The highest BCUT2D eigenvalue weighted by Gasteiger charge is 2.62. The SMILES string of the molecule is CN=C=C1N[C@](C)(c2ccc(Br)s2)[C@](F)(c2ccc(C(C)(C)C)cc2)C(=O)N1C. The minimum absolute atomic E-state index is 0.0664. The number of thiophene rings is 1. The molecule has 1 N–H and O–H groups in total. The Hall–Kier alpha value is -1.95. The number of rotatable bonds is 2. The van der Waals surface area contributed by atoms with Crippen LogP contribution in [0.3, 0.4) is 0 Å². The summed E-state index contributed by atoms with van der Waals surface area (Å²) >= 11 is 4.85. The second kappa shape index (κ2) is 7.38. The molecule has 0 aliphatic carbocycles. The quantitative estimate of drug-likeness (QED) is 0.612. The molecular weight excluding hydrogens is 453 g/mol. The number of hydrogen-bond donors (Lipinski definition) is 1. The van der Waals surface area contributed by atoms with Gasteiger partial charge in [-0.1, -0.05) is 45.0 Å². The number of amides is 1. The molecule has 154 valence electrons. The molecule has 2 atom stereocenters. The molecule has 1 saturated heterocycles. The zero-order valence-electron chi connectivity index (χ0n) is 17.4. The van der Waals surface area contributed by atoms with Crippen molar-refractivity contribution in [2.75, 3.05) is 14.1 Å². The van der Waals surface area contributed by atoms with Crippen LogP contribution in [0.15, 0.2) is 51.0 Å². The van der Waals surface area contributed by atoms with E-state index in [1.54, 1.807) is 26.1 Å². The third kappa shape index (κ3) is 3.45. The first-order chi connectivity index (χ1) is 13.4. The van der Waals surface area contributed by atoms with Crippen molar-refractivity contribution in [3.05, 3.63) is 62.0 Å². The number of aliphatic imine (C=N–C) groups is 1. The van der Waals surface area contributed by atoms with Crippen LogP contribution in [0.1, 0.15) is 43.7 Å². The third-order valence-corrected chi connectivity index (χ3v) is 7.27. The van der Waals surface area contributed by atoms with E-state index in [4.69, 9.17) is 0 Å². The molecule has 4 nitrogen and oxygen atoms in total. The van der Waals surface area contributed by atoms with E-state index in [1.807, 2.05) is 24.3 Å². The molecule has 7 heteroatoms. The molecule has 1 fully saturated rings. The fourth-order valence-corrected chi connectivity index (χ4v) is 5.12. The van der Waals surface area contributed by atoms with Crippen LogP contribution >= 0.6 is 27.3 Å². The van der Waals surface area contributed by atoms with Gasteiger partial charge in [0.2, 0.25) is 5.67 Å². The lowest BCUT2D eigenvalue weighted by atomic mass is 9.73. The van der Waals surface area contributed by atoms with Crippen LogP contribution in [-0.2, 0) is 21.4 Å². The second-order valence-corrected chi connectivity index (χ2v) is 10.9. The van der Waals surface area contributed by atoms with Crippen LogP contribution < -0.4 is 5.32 Å². The van der Waals surface area contributed by atoms with Crippen LogP contribution in [0.5, 0.6) is 0 Å². The maximum absolute atomic E-state index is 17.0. The maximum Gasteiger partial charge on any atom is 0.273 e. The molecule has 1 aliphatic rings. The van der Waals surface area contributed by atoms with Crippen molar-refractivity contribution < 1.29 is 9.18 Å². The van der Waals surface area contributed by atoms with E-state index >= 15 is 4.39 Å². The average molecular weight is 478 g/mol. The van der Waals surface area contributed by atoms with E-state index < -0.39 is 17.1 Å². The molecule has 0 unspecified atom stereocenters. The lowest BCUT2D eigenvalue weighted by Gasteiger charge is -2.49. The first-order valence-corrected chi connectivity index (χ1v) is 10.9. The van der Waals surface area contributed by atoms with Crippen molar-refractivity contribution in [1.82, 2.24) is 10.2 Å². The maximum atomic E-state index is 17.0. The molecule has 3 rings (SSSR count). The molecule has 1 aliphatic heterocycles. The van der Waals surface area contributed by atoms with Crippen molar-refractivity contribution in [2.45, 2.75) is 44.3 Å². The molecule has 0 bridgehead atoms. The van der Waals surface area contributed by atoms with E-state index in [-0.39, 0.29) is 5.41 Å². The van der Waals surface area contributed by atoms with Gasteiger partial charge >= 0.3 is 0 Å². The minimum atomic E-state index is -2.32. The first-order valence-electron chi connectivity index (χ1n) is 9.29. The molecule has 0 spiro atoms. The Kier molecular flexibility index (Phi) is 5.54. The summed E-state index contributed by atoms with van der Waals surface area (Å²) in [5, 5.41) is 3.21. The number of carbonyl (C=O) groups is 1. The zero-order valence-corrected chi connectivity index (χ0v) is 19.8. The second-order valence-electron chi connectivity index (χ2n) is 8.39. The van der Waals surface area contributed by atoms with Gasteiger partial charge in [0.05, 0.1) is 3.79 Å². The van der Waals surface area contributed by atoms with Gasteiger partial charge in [-0.15, -0.1) is 11.3 Å². The van der Waals surface area contributed by atoms with Gasteiger partial charge in [-0.3, -0.25) is 9.69 Å². The lowest BCUT2D eigenvalue weighted by molar-refractivity contribution is -0.153. The van der Waals surface area contributed by atoms with Gasteiger partial charge < -0.3 is 5.32 Å². The molecular formula is C22H25BrFN3OS. The highest BCUT2D eigenvalue weighted by atomic mass is 79.9. The summed E-state index contributed by atoms with van der Waals surface area (Å²) in [6.45, 7) is 8.01. The van der Waals surface area contributed by atoms with Crippen LogP contribution in [0.4, 0.5) is 4.39 Å². The predicted molar refractivity (Wildman–Crippen MR) is 120 cm³/mol. The summed E-state index contributed by atoms with van der Waals surface area (Å²) in [5.74, 6) is 2.46. The van der Waals surface area contributed by atoms with Gasteiger partial charge in [0.1, 0.15) is 5.54 Å². The van der Waals surface area contributed by atoms with Gasteiger partial charge in [-0.2, -0.15) is 0 Å². The molecule has 2 heterocycles. The highest BCUT2D eigenvalue weighted by molar-refractivity contribution is 9.11. The number of alkyl halides is 1. The molecule has 2 aromatic rings. The van der Waals surface area contributed by atoms with E-state index in [0.29, 0.717) is 16.3 Å². The molecule has 1 amide bonds. The number of halogens is 2. The first kappa shape index (κ1) is 21.8. The van der Waals surface area contributed by atoms with E-state index in [2.05, 4.69) is 52.9 Å². The topological polar surface area (TPSA) is 44.7 Å². The summed E-state index contributed by atoms with van der Waals surface area (Å²) in [7, 11) is 3.10. The van der Waals surface area contributed by atoms with Crippen molar-refractivity contribution in [3.63, 3.8) is 0 Å². The number of hydrogen-bond acceptors (Lipinski definition) is 4. The highest BCUT2D eigenvalue weighted by Crippen LogP contribution is 2.50. The Morgan fingerprint density at radius 1 is 1.21 bits per heavy atom. The molecule has 29 heavy (non-hydrogen) atoms. The predicted octanol–water partition coefficient (Wildman–Crippen LogP) is 5.09. The Balaban J connectivity index is 2.24. The monoisotopic (exact) mass is 477 g/mol. The van der Waals surface area contributed by atoms with Gasteiger partial charge in [-0.05, 0) is 46.0 Å². The smallest absolute Gasteiger partial charge is 0.273 e. The minimum Gasteiger partial charge on any atom is -0.349 e. The van der Waals surface area contributed by atoms with Crippen molar-refractivity contribution >= 4 is 39.0 Å². The van der Waals surface area contributed by atoms with Crippen molar-refractivity contribution in [1.29, 1.82) is 0 Å². The van der Waals surface area contributed by atoms with Crippen LogP contribution in [0, 0.1) is 0 Å². The van der Waals surface area contributed by atoms with Crippen molar-refractivity contribution in [3.8, 4) is 0 Å². The van der Waals surface area contributed by atoms with Gasteiger partial charge in [0, 0.05) is 30.4 Å². The van der Waals surface area contributed by atoms with Gasteiger partial charge in [0.25, 0.3) is 5.91 Å². The Bertz CT molecular complexity index is 1000. The molecule has 1 aromatic carbocycles. The molecule has 0 saturated carbocycles. The summed E-state index contributed by atoms with van der Waals surface area (Å²) < 4.78 is 17.9. The zero-order chi connectivity index (χ0) is 21.6. The lowest BCUT2D eigenvalue weighted by Crippen LogP contribution is -2.66.